The first kappa shape index (κ1) is 21.0. The highest BCUT2D eigenvalue weighted by atomic mass is 79.9. The Kier molecular flexibility index (Phi) is 6.29. The van der Waals surface area contributed by atoms with Crippen LogP contribution in [0.1, 0.15) is 52.9 Å². The molecular weight excluding hydrogens is 492 g/mol. The Balaban J connectivity index is 1.94. The lowest BCUT2D eigenvalue weighted by atomic mass is 9.86. The van der Waals surface area contributed by atoms with Gasteiger partial charge in [-0.3, -0.25) is 9.36 Å². The van der Waals surface area contributed by atoms with E-state index in [0.717, 1.165) is 11.3 Å². The third kappa shape index (κ3) is 3.89. The molecule has 8 heteroatoms. The summed E-state index contributed by atoms with van der Waals surface area (Å²) in [5.74, 6) is 0.815. The van der Waals surface area contributed by atoms with Gasteiger partial charge in [-0.1, -0.05) is 44.0 Å². The first-order chi connectivity index (χ1) is 13.3. The number of esters is 1. The van der Waals surface area contributed by atoms with E-state index in [1.807, 2.05) is 31.2 Å². The highest BCUT2D eigenvalue weighted by Crippen LogP contribution is 2.49. The Morgan fingerprint density at radius 1 is 1.39 bits per heavy atom. The van der Waals surface area contributed by atoms with E-state index in [4.69, 9.17) is 9.47 Å². The number of hydrogen-bond acceptors (Lipinski definition) is 5. The van der Waals surface area contributed by atoms with Crippen molar-refractivity contribution in [1.29, 1.82) is 0 Å². The lowest BCUT2D eigenvalue weighted by Gasteiger charge is -2.40. The molecule has 6 nitrogen and oxygen atoms in total. The molecule has 0 bridgehead atoms. The number of hydrogen-bond donors (Lipinski definition) is 0. The Labute approximate surface area is 180 Å². The van der Waals surface area contributed by atoms with Crippen molar-refractivity contribution >= 4 is 37.8 Å². The van der Waals surface area contributed by atoms with E-state index in [1.54, 1.807) is 18.6 Å². The van der Waals surface area contributed by atoms with Crippen LogP contribution in [-0.2, 0) is 11.2 Å². The molecule has 1 aliphatic heterocycles. The van der Waals surface area contributed by atoms with Crippen LogP contribution >= 0.6 is 31.9 Å². The predicted molar refractivity (Wildman–Crippen MR) is 114 cm³/mol. The monoisotopic (exact) mass is 512 g/mol. The lowest BCUT2D eigenvalue weighted by molar-refractivity contribution is 0.0522. The van der Waals surface area contributed by atoms with Gasteiger partial charge < -0.3 is 9.47 Å². The van der Waals surface area contributed by atoms with Crippen molar-refractivity contribution in [2.75, 3.05) is 13.7 Å². The molecule has 0 fully saturated rings. The van der Waals surface area contributed by atoms with Crippen LogP contribution < -0.4 is 10.3 Å². The molecule has 1 aromatic carbocycles. The van der Waals surface area contributed by atoms with Gasteiger partial charge in [-0.2, -0.15) is 0 Å². The molecule has 1 aliphatic rings. The number of alkyl halides is 2. The zero-order valence-electron chi connectivity index (χ0n) is 15.9. The van der Waals surface area contributed by atoms with E-state index in [9.17, 15) is 9.59 Å². The average molecular weight is 514 g/mol. The van der Waals surface area contributed by atoms with Crippen LogP contribution in [0.5, 0.6) is 5.75 Å². The second-order valence-corrected chi connectivity index (χ2v) is 9.38. The molecule has 3 rings (SSSR count). The van der Waals surface area contributed by atoms with Crippen LogP contribution in [0.15, 0.2) is 35.3 Å². The maximum absolute atomic E-state index is 12.8. The molecule has 0 aliphatic carbocycles. The summed E-state index contributed by atoms with van der Waals surface area (Å²) in [6.45, 7) is 3.89. The number of fused-ring (bicyclic) bond motifs is 1. The number of benzene rings is 1. The summed E-state index contributed by atoms with van der Waals surface area (Å²) in [4.78, 5) is 29.3. The first-order valence-electron chi connectivity index (χ1n) is 9.05. The summed E-state index contributed by atoms with van der Waals surface area (Å²) in [7, 11) is 1.64. The minimum absolute atomic E-state index is 0.00346. The van der Waals surface area contributed by atoms with Crippen molar-refractivity contribution in [2.24, 2.45) is 0 Å². The highest BCUT2D eigenvalue weighted by molar-refractivity contribution is 9.12. The summed E-state index contributed by atoms with van der Waals surface area (Å²) in [5, 5.41) is 0. The van der Waals surface area contributed by atoms with Gasteiger partial charge in [0, 0.05) is 18.7 Å². The molecule has 150 valence electrons. The summed E-state index contributed by atoms with van der Waals surface area (Å²) in [6, 6.07) is 7.76. The van der Waals surface area contributed by atoms with Gasteiger partial charge in [0.05, 0.1) is 22.9 Å². The summed E-state index contributed by atoms with van der Waals surface area (Å²) in [5.41, 5.74) is 0.731. The number of carbonyl (C=O) groups is 1. The van der Waals surface area contributed by atoms with Gasteiger partial charge in [-0.25, -0.2) is 9.78 Å². The fourth-order valence-electron chi connectivity index (χ4n) is 3.62. The van der Waals surface area contributed by atoms with E-state index in [1.165, 1.54) is 6.20 Å². The van der Waals surface area contributed by atoms with Gasteiger partial charge in [-0.15, -0.1) is 0 Å². The zero-order chi connectivity index (χ0) is 20.5. The van der Waals surface area contributed by atoms with E-state index >= 15 is 0 Å². The Bertz CT molecular complexity index is 929. The largest absolute Gasteiger partial charge is 0.497 e. The standard InChI is InChI=1S/C20H22Br2N2O4/c1-4-28-19(26)15-11-23-16-10-20(22,9-12(2)24(16)18(15)25)17(21)13-5-7-14(27-3)8-6-13/h5-8,11-12,17H,4,9-10H2,1-3H3/t12?,17-,20+/m0/s1. The minimum atomic E-state index is -0.630. The van der Waals surface area contributed by atoms with Crippen LogP contribution in [0.4, 0.5) is 0 Å². The molecule has 1 aromatic heterocycles. The molecule has 1 unspecified atom stereocenters. The SMILES string of the molecule is CCOC(=O)c1cnc2n(c1=O)C(C)C[C@](Br)([C@@H](Br)c1ccc(OC)cc1)C2. The number of carbonyl (C=O) groups excluding carboxylic acids is 1. The summed E-state index contributed by atoms with van der Waals surface area (Å²) in [6.07, 6.45) is 2.56. The molecule has 2 aromatic rings. The Hall–Kier alpha value is -1.67. The van der Waals surface area contributed by atoms with Crippen LogP contribution in [0, 0.1) is 0 Å². The Morgan fingerprint density at radius 3 is 2.68 bits per heavy atom. The number of aromatic nitrogens is 2. The van der Waals surface area contributed by atoms with Gasteiger partial charge in [0.25, 0.3) is 5.56 Å². The summed E-state index contributed by atoms with van der Waals surface area (Å²) < 4.78 is 11.5. The molecule has 0 amide bonds. The predicted octanol–water partition coefficient (Wildman–Crippen LogP) is 4.21. The maximum atomic E-state index is 12.8. The van der Waals surface area contributed by atoms with Crippen LogP contribution in [0.2, 0.25) is 0 Å². The van der Waals surface area contributed by atoms with E-state index < -0.39 is 5.97 Å². The average Bonchev–Trinajstić information content (AvgIpc) is 2.67. The van der Waals surface area contributed by atoms with Gasteiger partial charge in [0.2, 0.25) is 0 Å². The first-order valence-corrected chi connectivity index (χ1v) is 10.8. The lowest BCUT2D eigenvalue weighted by Crippen LogP contribution is -2.44. The fraction of sp³-hybridized carbons (Fsp3) is 0.450. The maximum Gasteiger partial charge on any atom is 0.345 e. The van der Waals surface area contributed by atoms with Crippen LogP contribution in [0.3, 0.4) is 0 Å². The van der Waals surface area contributed by atoms with Crippen molar-refractivity contribution in [3.8, 4) is 5.75 Å². The fourth-order valence-corrected chi connectivity index (χ4v) is 5.26. The Morgan fingerprint density at radius 2 is 2.07 bits per heavy atom. The third-order valence-corrected chi connectivity index (χ3v) is 8.04. The van der Waals surface area contributed by atoms with Gasteiger partial charge in [0.15, 0.2) is 0 Å². The molecular formula is C20H22Br2N2O4. The van der Waals surface area contributed by atoms with E-state index in [2.05, 4.69) is 36.8 Å². The van der Waals surface area contributed by atoms with Gasteiger partial charge in [0.1, 0.15) is 17.1 Å². The van der Waals surface area contributed by atoms with E-state index in [0.29, 0.717) is 18.7 Å². The van der Waals surface area contributed by atoms with Crippen molar-refractivity contribution < 1.29 is 14.3 Å². The van der Waals surface area contributed by atoms with Crippen LogP contribution in [-0.4, -0.2) is 33.6 Å². The molecule has 2 heterocycles. The molecule has 0 saturated carbocycles. The number of methoxy groups -OCH3 is 1. The second-order valence-electron chi connectivity index (χ2n) is 6.88. The van der Waals surface area contributed by atoms with Crippen molar-refractivity contribution in [3.05, 3.63) is 57.8 Å². The highest BCUT2D eigenvalue weighted by Gasteiger charge is 2.43. The number of ether oxygens (including phenoxy) is 2. The molecule has 28 heavy (non-hydrogen) atoms. The molecule has 0 saturated heterocycles. The van der Waals surface area contributed by atoms with Gasteiger partial charge in [-0.05, 0) is 38.0 Å². The van der Waals surface area contributed by atoms with Crippen molar-refractivity contribution in [1.82, 2.24) is 9.55 Å². The quantitative estimate of drug-likeness (QED) is 0.442. The third-order valence-electron chi connectivity index (χ3n) is 4.96. The van der Waals surface area contributed by atoms with Gasteiger partial charge >= 0.3 is 5.97 Å². The summed E-state index contributed by atoms with van der Waals surface area (Å²) >= 11 is 7.74. The van der Waals surface area contributed by atoms with Crippen LogP contribution in [0.25, 0.3) is 0 Å². The zero-order valence-corrected chi connectivity index (χ0v) is 19.1. The second kappa shape index (κ2) is 8.37. The van der Waals surface area contributed by atoms with Crippen molar-refractivity contribution in [2.45, 2.75) is 41.9 Å². The minimum Gasteiger partial charge on any atom is -0.497 e. The molecule has 0 spiro atoms. The smallest absolute Gasteiger partial charge is 0.345 e. The molecule has 0 radical (unpaired) electrons. The molecule has 3 atom stereocenters. The van der Waals surface area contributed by atoms with E-state index in [-0.39, 0.29) is 32.9 Å². The number of halogens is 2. The molecule has 0 N–H and O–H groups in total. The number of rotatable bonds is 5. The number of nitrogens with zero attached hydrogens (tertiary/aromatic N) is 2. The topological polar surface area (TPSA) is 70.4 Å². The van der Waals surface area contributed by atoms with Crippen molar-refractivity contribution in [3.63, 3.8) is 0 Å². The normalized spacial score (nSPS) is 22.2.